The lowest BCUT2D eigenvalue weighted by Crippen LogP contribution is -2.18. The van der Waals surface area contributed by atoms with E-state index in [1.165, 1.54) is 18.4 Å². The summed E-state index contributed by atoms with van der Waals surface area (Å²) in [5.41, 5.74) is 5.46. The van der Waals surface area contributed by atoms with Gasteiger partial charge in [0.25, 0.3) is 11.6 Å². The number of carbonyl (C=O) groups excluding carboxylic acids is 1. The molecule has 0 radical (unpaired) electrons. The highest BCUT2D eigenvalue weighted by Gasteiger charge is 2.13. The summed E-state index contributed by atoms with van der Waals surface area (Å²) >= 11 is 0. The molecule has 156 valence electrons. The largest absolute Gasteiger partial charge is 0.276 e. The molecule has 0 spiro atoms. The number of nitro groups is 1. The number of hydrogen-bond donors (Lipinski definition) is 1. The van der Waals surface area contributed by atoms with Crippen LogP contribution in [0.25, 0.3) is 28.2 Å². The number of aromatic nitrogens is 2. The standard InChI is InChI=1S/C24H17N5O3/c30-24(28-26-14-6-8-17-7-1-4-12-23(17)29(31)32)20-15-22(18-9-5-13-25-16-18)27-21-11-3-2-10-19(20)21/h1-16H,(H,28,30)/b8-6+,26-14+. The molecule has 0 saturated heterocycles. The molecule has 0 fully saturated rings. The lowest BCUT2D eigenvalue weighted by Gasteiger charge is -2.08. The van der Waals surface area contributed by atoms with Gasteiger partial charge in [-0.05, 0) is 42.5 Å². The van der Waals surface area contributed by atoms with Crippen molar-refractivity contribution in [2.45, 2.75) is 0 Å². The van der Waals surface area contributed by atoms with E-state index in [-0.39, 0.29) is 5.69 Å². The van der Waals surface area contributed by atoms with E-state index in [4.69, 9.17) is 0 Å². The molecule has 0 saturated carbocycles. The number of pyridine rings is 2. The second-order valence-electron chi connectivity index (χ2n) is 6.71. The number of benzene rings is 2. The first kappa shape index (κ1) is 20.5. The van der Waals surface area contributed by atoms with Crippen molar-refractivity contribution in [3.8, 4) is 11.3 Å². The highest BCUT2D eigenvalue weighted by molar-refractivity contribution is 6.07. The number of hydrogen-bond acceptors (Lipinski definition) is 6. The lowest BCUT2D eigenvalue weighted by molar-refractivity contribution is -0.385. The lowest BCUT2D eigenvalue weighted by atomic mass is 10.0. The van der Waals surface area contributed by atoms with Gasteiger partial charge in [-0.15, -0.1) is 0 Å². The maximum absolute atomic E-state index is 12.8. The molecule has 1 N–H and O–H groups in total. The quantitative estimate of drug-likeness (QED) is 0.276. The van der Waals surface area contributed by atoms with Gasteiger partial charge in [0.15, 0.2) is 0 Å². The predicted molar refractivity (Wildman–Crippen MR) is 123 cm³/mol. The van der Waals surface area contributed by atoms with E-state index >= 15 is 0 Å². The van der Waals surface area contributed by atoms with Crippen molar-refractivity contribution in [2.24, 2.45) is 5.10 Å². The number of nitro benzene ring substituents is 1. The van der Waals surface area contributed by atoms with Crippen LogP contribution >= 0.6 is 0 Å². The van der Waals surface area contributed by atoms with Crippen molar-refractivity contribution in [3.05, 3.63) is 106 Å². The van der Waals surface area contributed by atoms with E-state index in [0.717, 1.165) is 5.56 Å². The summed E-state index contributed by atoms with van der Waals surface area (Å²) in [6.07, 6.45) is 7.79. The Balaban J connectivity index is 1.56. The topological polar surface area (TPSA) is 110 Å². The first-order valence-corrected chi connectivity index (χ1v) is 9.67. The molecule has 1 amide bonds. The van der Waals surface area contributed by atoms with E-state index in [9.17, 15) is 14.9 Å². The molecule has 0 unspecified atom stereocenters. The highest BCUT2D eigenvalue weighted by Crippen LogP contribution is 2.24. The van der Waals surface area contributed by atoms with E-state index in [0.29, 0.717) is 27.7 Å². The van der Waals surface area contributed by atoms with Gasteiger partial charge in [-0.1, -0.05) is 30.3 Å². The van der Waals surface area contributed by atoms with Crippen LogP contribution in [-0.2, 0) is 0 Å². The van der Waals surface area contributed by atoms with E-state index < -0.39 is 10.8 Å². The third kappa shape index (κ3) is 4.54. The van der Waals surface area contributed by atoms with Crippen LogP contribution in [-0.4, -0.2) is 27.0 Å². The third-order valence-electron chi connectivity index (χ3n) is 4.65. The Bertz CT molecular complexity index is 1350. The molecule has 8 nitrogen and oxygen atoms in total. The molecule has 0 aliphatic carbocycles. The zero-order valence-corrected chi connectivity index (χ0v) is 16.8. The van der Waals surface area contributed by atoms with E-state index in [1.54, 1.807) is 48.8 Å². The van der Waals surface area contributed by atoms with Gasteiger partial charge in [0, 0.05) is 35.6 Å². The number of hydrazone groups is 1. The van der Waals surface area contributed by atoms with Crippen molar-refractivity contribution in [3.63, 3.8) is 0 Å². The van der Waals surface area contributed by atoms with Crippen LogP contribution in [0.4, 0.5) is 5.69 Å². The van der Waals surface area contributed by atoms with Crippen LogP contribution in [0.3, 0.4) is 0 Å². The summed E-state index contributed by atoms with van der Waals surface area (Å²) in [5, 5.41) is 15.7. The molecule has 4 aromatic rings. The van der Waals surface area contributed by atoms with Gasteiger partial charge in [-0.2, -0.15) is 5.10 Å². The normalized spacial score (nSPS) is 11.2. The highest BCUT2D eigenvalue weighted by atomic mass is 16.6. The summed E-state index contributed by atoms with van der Waals surface area (Å²) < 4.78 is 0. The van der Waals surface area contributed by atoms with Gasteiger partial charge < -0.3 is 0 Å². The SMILES string of the molecule is O=C(N/N=C/C=C/c1ccccc1[N+](=O)[O-])c1cc(-c2cccnc2)nc2ccccc12. The summed E-state index contributed by atoms with van der Waals surface area (Å²) in [5.74, 6) is -0.399. The predicted octanol–water partition coefficient (Wildman–Crippen LogP) is 4.63. The average Bonchev–Trinajstić information content (AvgIpc) is 2.83. The number of rotatable bonds is 6. The number of carbonyl (C=O) groups is 1. The van der Waals surface area contributed by atoms with Crippen LogP contribution < -0.4 is 5.43 Å². The fraction of sp³-hybridized carbons (Fsp3) is 0. The number of amides is 1. The van der Waals surface area contributed by atoms with Gasteiger partial charge in [-0.25, -0.2) is 10.4 Å². The van der Waals surface area contributed by atoms with Crippen LogP contribution in [0.1, 0.15) is 15.9 Å². The summed E-state index contributed by atoms with van der Waals surface area (Å²) in [6, 6.07) is 19.1. The van der Waals surface area contributed by atoms with E-state index in [2.05, 4.69) is 20.5 Å². The molecule has 4 rings (SSSR count). The summed E-state index contributed by atoms with van der Waals surface area (Å²) in [7, 11) is 0. The summed E-state index contributed by atoms with van der Waals surface area (Å²) in [6.45, 7) is 0. The molecule has 32 heavy (non-hydrogen) atoms. The van der Waals surface area contributed by atoms with E-state index in [1.807, 2.05) is 30.3 Å². The van der Waals surface area contributed by atoms with Crippen molar-refractivity contribution in [1.29, 1.82) is 0 Å². The molecule has 2 aromatic carbocycles. The van der Waals surface area contributed by atoms with Gasteiger partial charge in [0.2, 0.25) is 0 Å². The smallest absolute Gasteiger partial charge is 0.267 e. The van der Waals surface area contributed by atoms with Gasteiger partial charge in [0.1, 0.15) is 0 Å². The summed E-state index contributed by atoms with van der Waals surface area (Å²) in [4.78, 5) is 32.2. The molecular formula is C24H17N5O3. The molecule has 0 atom stereocenters. The maximum Gasteiger partial charge on any atom is 0.276 e. The Morgan fingerprint density at radius 2 is 1.88 bits per heavy atom. The van der Waals surface area contributed by atoms with Crippen molar-refractivity contribution in [1.82, 2.24) is 15.4 Å². The number of para-hydroxylation sites is 2. The molecule has 8 heteroatoms. The van der Waals surface area contributed by atoms with Gasteiger partial charge >= 0.3 is 0 Å². The van der Waals surface area contributed by atoms with Crippen molar-refractivity contribution >= 4 is 34.8 Å². The fourth-order valence-corrected chi connectivity index (χ4v) is 3.17. The second-order valence-corrected chi connectivity index (χ2v) is 6.71. The van der Waals surface area contributed by atoms with Gasteiger partial charge in [-0.3, -0.25) is 19.9 Å². The Kier molecular flexibility index (Phi) is 6.03. The number of allylic oxidation sites excluding steroid dienone is 1. The first-order valence-electron chi connectivity index (χ1n) is 9.67. The zero-order valence-electron chi connectivity index (χ0n) is 16.8. The molecule has 2 aromatic heterocycles. The molecular weight excluding hydrogens is 406 g/mol. The Morgan fingerprint density at radius 1 is 1.06 bits per heavy atom. The molecule has 0 aliphatic heterocycles. The minimum atomic E-state index is -0.451. The third-order valence-corrected chi connectivity index (χ3v) is 4.65. The van der Waals surface area contributed by atoms with Crippen molar-refractivity contribution in [2.75, 3.05) is 0 Å². The molecule has 0 bridgehead atoms. The number of fused-ring (bicyclic) bond motifs is 1. The van der Waals surface area contributed by atoms with Gasteiger partial charge in [0.05, 0.1) is 27.3 Å². The zero-order chi connectivity index (χ0) is 22.3. The van der Waals surface area contributed by atoms with Crippen LogP contribution in [0.5, 0.6) is 0 Å². The number of nitrogens with zero attached hydrogens (tertiary/aromatic N) is 4. The fourth-order valence-electron chi connectivity index (χ4n) is 3.17. The van der Waals surface area contributed by atoms with Crippen molar-refractivity contribution < 1.29 is 9.72 Å². The minimum absolute atomic E-state index is 0.00706. The monoisotopic (exact) mass is 423 g/mol. The van der Waals surface area contributed by atoms with Crippen LogP contribution in [0, 0.1) is 10.1 Å². The minimum Gasteiger partial charge on any atom is -0.267 e. The Hall–Kier alpha value is -4.72. The Labute approximate surface area is 183 Å². The molecule has 2 heterocycles. The second kappa shape index (κ2) is 9.40. The average molecular weight is 423 g/mol. The maximum atomic E-state index is 12.8. The van der Waals surface area contributed by atoms with Crippen LogP contribution in [0.15, 0.2) is 90.3 Å². The van der Waals surface area contributed by atoms with Crippen LogP contribution in [0.2, 0.25) is 0 Å². The number of nitrogens with one attached hydrogen (secondary N) is 1. The Morgan fingerprint density at radius 3 is 2.69 bits per heavy atom. The first-order chi connectivity index (χ1) is 15.6. The molecule has 0 aliphatic rings.